The number of hydrogen-bond donors (Lipinski definition) is 0. The molecule has 0 aliphatic carbocycles. The smallest absolute Gasteiger partial charge is 0.306 e. The molecule has 0 aromatic carbocycles. The molecule has 0 fully saturated rings. The third-order valence-electron chi connectivity index (χ3n) is 10.7. The highest BCUT2D eigenvalue weighted by atomic mass is 31.2. The van der Waals surface area contributed by atoms with Gasteiger partial charge in [-0.3, -0.25) is 14.2 Å². The lowest BCUT2D eigenvalue weighted by Gasteiger charge is -2.28. The SMILES string of the molecule is CC/C=C\C/C=C\C/C=C\CCCCCCCC(=O)OC[C@H](COP(=O)([O-])OCC[N+](C)(C)C)OC(=O)CCCCCCCCCCCCCCCCCCCCCCC. The van der Waals surface area contributed by atoms with Crippen molar-refractivity contribution in [3.05, 3.63) is 36.5 Å². The second-order valence-corrected chi connectivity index (χ2v) is 19.2. The first-order valence-electron chi connectivity index (χ1n) is 24.7. The summed E-state index contributed by atoms with van der Waals surface area (Å²) in [6.07, 6.45) is 48.9. The number of allylic oxidation sites excluding steroid dienone is 6. The molecule has 0 aromatic rings. The summed E-state index contributed by atoms with van der Waals surface area (Å²) in [4.78, 5) is 37.6. The van der Waals surface area contributed by atoms with Gasteiger partial charge in [-0.2, -0.15) is 0 Å². The van der Waals surface area contributed by atoms with Crippen molar-refractivity contribution in [3.63, 3.8) is 0 Å². The summed E-state index contributed by atoms with van der Waals surface area (Å²) in [5.74, 6) is -0.846. The molecule has 9 nitrogen and oxygen atoms in total. The van der Waals surface area contributed by atoms with Crippen LogP contribution in [0, 0.1) is 0 Å². The van der Waals surface area contributed by atoms with Crippen LogP contribution in [0.4, 0.5) is 0 Å². The maximum Gasteiger partial charge on any atom is 0.306 e. The van der Waals surface area contributed by atoms with E-state index in [1.54, 1.807) is 0 Å². The van der Waals surface area contributed by atoms with Gasteiger partial charge in [-0.15, -0.1) is 0 Å². The maximum atomic E-state index is 12.7. The zero-order valence-corrected chi connectivity index (χ0v) is 40.6. The molecule has 0 saturated carbocycles. The van der Waals surface area contributed by atoms with E-state index in [2.05, 4.69) is 50.3 Å². The lowest BCUT2D eigenvalue weighted by atomic mass is 10.0. The van der Waals surface area contributed by atoms with Crippen LogP contribution in [0.5, 0.6) is 0 Å². The highest BCUT2D eigenvalue weighted by molar-refractivity contribution is 7.45. The highest BCUT2D eigenvalue weighted by Crippen LogP contribution is 2.38. The number of unbranched alkanes of at least 4 members (excludes halogenated alkanes) is 25. The van der Waals surface area contributed by atoms with E-state index in [1.165, 1.54) is 116 Å². The third-order valence-corrected chi connectivity index (χ3v) is 11.6. The minimum Gasteiger partial charge on any atom is -0.756 e. The van der Waals surface area contributed by atoms with Crippen LogP contribution in [0.25, 0.3) is 0 Å². The predicted molar refractivity (Wildman–Crippen MR) is 250 cm³/mol. The van der Waals surface area contributed by atoms with Gasteiger partial charge < -0.3 is 27.9 Å². The number of carbonyl (C=O) groups is 2. The molecule has 352 valence electrons. The van der Waals surface area contributed by atoms with Crippen molar-refractivity contribution >= 4 is 19.8 Å². The number of quaternary nitrogens is 1. The number of phosphoric ester groups is 1. The molecule has 2 atom stereocenters. The Morgan fingerprint density at radius 2 is 0.950 bits per heavy atom. The molecule has 0 aliphatic rings. The monoisotopic (exact) mass is 868 g/mol. The zero-order chi connectivity index (χ0) is 44.3. The number of likely N-dealkylation sites (N-methyl/N-ethyl adjacent to an activating group) is 1. The van der Waals surface area contributed by atoms with E-state index in [0.29, 0.717) is 23.9 Å². The Morgan fingerprint density at radius 3 is 1.42 bits per heavy atom. The number of rotatable bonds is 45. The van der Waals surface area contributed by atoms with E-state index in [9.17, 15) is 19.0 Å². The van der Waals surface area contributed by atoms with E-state index >= 15 is 0 Å². The van der Waals surface area contributed by atoms with Gasteiger partial charge >= 0.3 is 11.9 Å². The molecular formula is C50H94NO8P. The molecule has 0 aromatic heterocycles. The van der Waals surface area contributed by atoms with Crippen molar-refractivity contribution in [1.29, 1.82) is 0 Å². The number of phosphoric acid groups is 1. The van der Waals surface area contributed by atoms with Gasteiger partial charge in [-0.25, -0.2) is 0 Å². The van der Waals surface area contributed by atoms with Crippen molar-refractivity contribution in [1.82, 2.24) is 0 Å². The van der Waals surface area contributed by atoms with Crippen molar-refractivity contribution in [2.45, 2.75) is 225 Å². The molecule has 60 heavy (non-hydrogen) atoms. The van der Waals surface area contributed by atoms with E-state index in [1.807, 2.05) is 21.1 Å². The number of ether oxygens (including phenoxy) is 2. The van der Waals surface area contributed by atoms with Crippen molar-refractivity contribution in [3.8, 4) is 0 Å². The summed E-state index contributed by atoms with van der Waals surface area (Å²) in [6, 6.07) is 0. The Hall–Kier alpha value is -1.77. The molecule has 0 saturated heterocycles. The fourth-order valence-corrected chi connectivity index (χ4v) is 7.58. The number of esters is 2. The van der Waals surface area contributed by atoms with Crippen LogP contribution in [-0.2, 0) is 32.7 Å². The Bertz CT molecular complexity index is 1120. The molecular weight excluding hydrogens is 774 g/mol. The molecule has 1 unspecified atom stereocenters. The van der Waals surface area contributed by atoms with E-state index in [0.717, 1.165) is 64.2 Å². The summed E-state index contributed by atoms with van der Waals surface area (Å²) in [7, 11) is 1.16. The second-order valence-electron chi connectivity index (χ2n) is 17.8. The van der Waals surface area contributed by atoms with Crippen molar-refractivity contribution in [2.75, 3.05) is 47.5 Å². The van der Waals surface area contributed by atoms with Crippen LogP contribution in [0.1, 0.15) is 219 Å². The van der Waals surface area contributed by atoms with Crippen LogP contribution >= 0.6 is 7.82 Å². The van der Waals surface area contributed by atoms with Crippen LogP contribution in [0.2, 0.25) is 0 Å². The standard InChI is InChI=1S/C50H94NO8P/c1-6-8-10-12-14-16-18-20-22-23-24-25-26-27-29-31-33-35-37-39-41-43-50(53)59-48(47-58-60(54,55)57-45-44-51(3,4)5)46-56-49(52)42-40-38-36-34-32-30-28-21-19-17-15-13-11-9-7-2/h9,11,15,17,21,28,48H,6-8,10,12-14,16,18-20,22-27,29-47H2,1-5H3/b11-9-,17-15-,28-21-/t48-/m1/s1. The first-order chi connectivity index (χ1) is 29.0. The average Bonchev–Trinajstić information content (AvgIpc) is 3.20. The average molecular weight is 868 g/mol. The second kappa shape index (κ2) is 42.5. The van der Waals surface area contributed by atoms with E-state index in [-0.39, 0.29) is 26.1 Å². The lowest BCUT2D eigenvalue weighted by molar-refractivity contribution is -0.870. The first kappa shape index (κ1) is 58.2. The molecule has 0 aliphatic heterocycles. The van der Waals surface area contributed by atoms with Gasteiger partial charge in [0.1, 0.15) is 19.8 Å². The third kappa shape index (κ3) is 45.7. The van der Waals surface area contributed by atoms with Gasteiger partial charge in [0.05, 0.1) is 27.7 Å². The van der Waals surface area contributed by atoms with Gasteiger partial charge in [-0.05, 0) is 44.9 Å². The summed E-state index contributed by atoms with van der Waals surface area (Å²) in [5.41, 5.74) is 0. The van der Waals surface area contributed by atoms with Gasteiger partial charge in [0.25, 0.3) is 7.82 Å². The summed E-state index contributed by atoms with van der Waals surface area (Å²) in [6.45, 7) is 4.12. The van der Waals surface area contributed by atoms with Gasteiger partial charge in [0.2, 0.25) is 0 Å². The molecule has 0 bridgehead atoms. The topological polar surface area (TPSA) is 111 Å². The summed E-state index contributed by atoms with van der Waals surface area (Å²) in [5, 5.41) is 0. The Kier molecular flexibility index (Phi) is 41.3. The molecule has 0 amide bonds. The van der Waals surface area contributed by atoms with Crippen LogP contribution in [-0.4, -0.2) is 70.0 Å². The lowest BCUT2D eigenvalue weighted by Crippen LogP contribution is -2.37. The van der Waals surface area contributed by atoms with Crippen LogP contribution < -0.4 is 4.89 Å². The Morgan fingerprint density at radius 1 is 0.533 bits per heavy atom. The minimum atomic E-state index is -4.63. The summed E-state index contributed by atoms with van der Waals surface area (Å²) >= 11 is 0. The fraction of sp³-hybridized carbons (Fsp3) is 0.840. The normalized spacial score (nSPS) is 13.8. The van der Waals surface area contributed by atoms with Crippen LogP contribution in [0.15, 0.2) is 36.5 Å². The van der Waals surface area contributed by atoms with Gasteiger partial charge in [0.15, 0.2) is 6.10 Å². The largest absolute Gasteiger partial charge is 0.756 e. The molecule has 0 spiro atoms. The van der Waals surface area contributed by atoms with Gasteiger partial charge in [-0.1, -0.05) is 198 Å². The predicted octanol–water partition coefficient (Wildman–Crippen LogP) is 13.8. The first-order valence-corrected chi connectivity index (χ1v) is 26.2. The molecule has 0 heterocycles. The zero-order valence-electron chi connectivity index (χ0n) is 39.7. The molecule has 10 heteroatoms. The quantitative estimate of drug-likeness (QED) is 0.0196. The Balaban J connectivity index is 4.25. The van der Waals surface area contributed by atoms with Crippen LogP contribution in [0.3, 0.4) is 0 Å². The van der Waals surface area contributed by atoms with Crippen molar-refractivity contribution < 1.29 is 42.1 Å². The van der Waals surface area contributed by atoms with Crippen molar-refractivity contribution in [2.24, 2.45) is 0 Å². The molecule has 0 radical (unpaired) electrons. The van der Waals surface area contributed by atoms with E-state index < -0.39 is 32.5 Å². The number of hydrogen-bond acceptors (Lipinski definition) is 8. The highest BCUT2D eigenvalue weighted by Gasteiger charge is 2.21. The number of carbonyl (C=O) groups excluding carboxylic acids is 2. The summed E-state index contributed by atoms with van der Waals surface area (Å²) < 4.78 is 34.0. The Labute approximate surface area is 370 Å². The fourth-order valence-electron chi connectivity index (χ4n) is 6.85. The number of nitrogens with zero attached hydrogens (tertiary/aromatic N) is 1. The van der Waals surface area contributed by atoms with E-state index in [4.69, 9.17) is 18.5 Å². The molecule has 0 rings (SSSR count). The molecule has 0 N–H and O–H groups in total. The maximum absolute atomic E-state index is 12.7. The minimum absolute atomic E-state index is 0.0328. The van der Waals surface area contributed by atoms with Gasteiger partial charge in [0, 0.05) is 12.8 Å².